The van der Waals surface area contributed by atoms with Gasteiger partial charge in [0, 0.05) is 58.3 Å². The van der Waals surface area contributed by atoms with Crippen molar-refractivity contribution in [3.05, 3.63) is 0 Å². The minimum absolute atomic E-state index is 0.205. The first-order valence-corrected chi connectivity index (χ1v) is 6.65. The molecule has 0 aromatic rings. The molecular weight excluding hydrogens is 216 g/mol. The lowest BCUT2D eigenvalue weighted by molar-refractivity contribution is -0.119. The Morgan fingerprint density at radius 2 is 2.12 bits per heavy atom. The highest BCUT2D eigenvalue weighted by molar-refractivity contribution is 5.78. The zero-order valence-corrected chi connectivity index (χ0v) is 10.7. The summed E-state index contributed by atoms with van der Waals surface area (Å²) in [5.41, 5.74) is 0. The number of hydrogen-bond acceptors (Lipinski definition) is 4. The summed E-state index contributed by atoms with van der Waals surface area (Å²) in [6, 6.07) is 0.356. The number of amides is 1. The van der Waals surface area contributed by atoms with E-state index in [0.29, 0.717) is 12.5 Å². The Hall–Kier alpha value is -0.650. The third-order valence-corrected chi connectivity index (χ3v) is 3.68. The molecule has 5 nitrogen and oxygen atoms in total. The van der Waals surface area contributed by atoms with Crippen molar-refractivity contribution in [2.75, 3.05) is 52.9 Å². The van der Waals surface area contributed by atoms with E-state index in [0.717, 1.165) is 26.1 Å². The van der Waals surface area contributed by atoms with Crippen LogP contribution in [0.25, 0.3) is 0 Å². The number of likely N-dealkylation sites (N-methyl/N-ethyl adjacent to an activating group) is 1. The maximum atomic E-state index is 11.0. The number of nitrogens with one attached hydrogen (secondary N) is 2. The van der Waals surface area contributed by atoms with E-state index in [2.05, 4.69) is 27.5 Å². The first-order chi connectivity index (χ1) is 8.24. The molecule has 2 aliphatic rings. The summed E-state index contributed by atoms with van der Waals surface area (Å²) in [5.74, 6) is 0.205. The van der Waals surface area contributed by atoms with Crippen LogP contribution in [0.3, 0.4) is 0 Å². The molecule has 0 aliphatic carbocycles. The Balaban J connectivity index is 1.50. The summed E-state index contributed by atoms with van der Waals surface area (Å²) < 4.78 is 0. The average molecular weight is 240 g/mol. The van der Waals surface area contributed by atoms with Crippen LogP contribution in [0.2, 0.25) is 0 Å². The molecule has 1 unspecified atom stereocenters. The maximum Gasteiger partial charge on any atom is 0.220 e. The van der Waals surface area contributed by atoms with E-state index in [1.807, 2.05) is 0 Å². The van der Waals surface area contributed by atoms with Crippen LogP contribution in [-0.2, 0) is 4.79 Å². The van der Waals surface area contributed by atoms with Gasteiger partial charge in [0.05, 0.1) is 0 Å². The van der Waals surface area contributed by atoms with Crippen molar-refractivity contribution in [3.8, 4) is 0 Å². The van der Waals surface area contributed by atoms with Gasteiger partial charge in [0.15, 0.2) is 0 Å². The van der Waals surface area contributed by atoms with Crippen LogP contribution in [-0.4, -0.2) is 74.6 Å². The second kappa shape index (κ2) is 6.33. The normalized spacial score (nSPS) is 27.4. The summed E-state index contributed by atoms with van der Waals surface area (Å²) in [6.07, 6.45) is 1.69. The van der Waals surface area contributed by atoms with Crippen LogP contribution < -0.4 is 10.6 Å². The number of piperazine rings is 1. The summed E-state index contributed by atoms with van der Waals surface area (Å²) in [4.78, 5) is 15.9. The summed E-state index contributed by atoms with van der Waals surface area (Å²) in [5, 5.41) is 6.41. The van der Waals surface area contributed by atoms with Crippen molar-refractivity contribution in [1.82, 2.24) is 20.4 Å². The molecule has 1 amide bonds. The minimum atomic E-state index is 0.205. The van der Waals surface area contributed by atoms with Gasteiger partial charge in [-0.3, -0.25) is 9.69 Å². The summed E-state index contributed by atoms with van der Waals surface area (Å²) in [7, 11) is 2.18. The highest BCUT2D eigenvalue weighted by Gasteiger charge is 2.20. The predicted octanol–water partition coefficient (Wildman–Crippen LogP) is -0.898. The Morgan fingerprint density at radius 3 is 2.76 bits per heavy atom. The molecule has 1 atom stereocenters. The molecule has 0 aromatic heterocycles. The largest absolute Gasteiger partial charge is 0.352 e. The van der Waals surface area contributed by atoms with Gasteiger partial charge in [-0.2, -0.15) is 0 Å². The van der Waals surface area contributed by atoms with Gasteiger partial charge in [0.25, 0.3) is 0 Å². The smallest absolute Gasteiger partial charge is 0.220 e. The fraction of sp³-hybridized carbons (Fsp3) is 0.917. The fourth-order valence-electron chi connectivity index (χ4n) is 2.42. The van der Waals surface area contributed by atoms with Gasteiger partial charge in [0.1, 0.15) is 0 Å². The molecule has 2 saturated heterocycles. The summed E-state index contributed by atoms with van der Waals surface area (Å²) >= 11 is 0. The van der Waals surface area contributed by atoms with E-state index in [9.17, 15) is 4.79 Å². The molecule has 98 valence electrons. The van der Waals surface area contributed by atoms with Gasteiger partial charge in [-0.15, -0.1) is 0 Å². The molecule has 0 bridgehead atoms. The van der Waals surface area contributed by atoms with Gasteiger partial charge in [0.2, 0.25) is 5.91 Å². The SMILES string of the molecule is CN1CCN(CCNCC2CCC(=O)N2)CC1. The number of rotatable bonds is 5. The number of hydrogen-bond donors (Lipinski definition) is 2. The molecule has 2 aliphatic heterocycles. The molecule has 2 fully saturated rings. The zero-order chi connectivity index (χ0) is 12.1. The first kappa shape index (κ1) is 12.8. The molecule has 0 radical (unpaired) electrons. The van der Waals surface area contributed by atoms with Crippen LogP contribution in [0.5, 0.6) is 0 Å². The van der Waals surface area contributed by atoms with Crippen LogP contribution in [0.15, 0.2) is 0 Å². The van der Waals surface area contributed by atoms with Gasteiger partial charge >= 0.3 is 0 Å². The molecule has 0 saturated carbocycles. The quantitative estimate of drug-likeness (QED) is 0.612. The molecule has 2 rings (SSSR count). The maximum absolute atomic E-state index is 11.0. The van der Waals surface area contributed by atoms with Crippen molar-refractivity contribution in [2.24, 2.45) is 0 Å². The van der Waals surface area contributed by atoms with Crippen LogP contribution in [0.4, 0.5) is 0 Å². The van der Waals surface area contributed by atoms with E-state index >= 15 is 0 Å². The van der Waals surface area contributed by atoms with Crippen molar-refractivity contribution < 1.29 is 4.79 Å². The minimum Gasteiger partial charge on any atom is -0.352 e. The Morgan fingerprint density at radius 1 is 1.35 bits per heavy atom. The molecule has 17 heavy (non-hydrogen) atoms. The van der Waals surface area contributed by atoms with E-state index in [1.165, 1.54) is 26.2 Å². The predicted molar refractivity (Wildman–Crippen MR) is 68.0 cm³/mol. The standard InChI is InChI=1S/C12H24N4O/c1-15-6-8-16(9-7-15)5-4-13-10-11-2-3-12(17)14-11/h11,13H,2-10H2,1H3,(H,14,17). The molecule has 2 heterocycles. The monoisotopic (exact) mass is 240 g/mol. The molecule has 2 N–H and O–H groups in total. The van der Waals surface area contributed by atoms with E-state index in [-0.39, 0.29) is 5.91 Å². The number of nitrogens with zero attached hydrogens (tertiary/aromatic N) is 2. The van der Waals surface area contributed by atoms with E-state index in [4.69, 9.17) is 0 Å². The Bertz CT molecular complexity index is 251. The fourth-order valence-corrected chi connectivity index (χ4v) is 2.42. The highest BCUT2D eigenvalue weighted by Crippen LogP contribution is 2.04. The Labute approximate surface area is 104 Å². The second-order valence-electron chi connectivity index (χ2n) is 5.15. The average Bonchev–Trinajstić information content (AvgIpc) is 2.73. The number of carbonyl (C=O) groups excluding carboxylic acids is 1. The number of carbonyl (C=O) groups is 1. The second-order valence-corrected chi connectivity index (χ2v) is 5.15. The van der Waals surface area contributed by atoms with Gasteiger partial charge < -0.3 is 15.5 Å². The van der Waals surface area contributed by atoms with Crippen LogP contribution >= 0.6 is 0 Å². The Kier molecular flexibility index (Phi) is 4.76. The lowest BCUT2D eigenvalue weighted by atomic mass is 10.2. The zero-order valence-electron chi connectivity index (χ0n) is 10.7. The van der Waals surface area contributed by atoms with E-state index < -0.39 is 0 Å². The third-order valence-electron chi connectivity index (χ3n) is 3.68. The highest BCUT2D eigenvalue weighted by atomic mass is 16.1. The van der Waals surface area contributed by atoms with Gasteiger partial charge in [-0.25, -0.2) is 0 Å². The van der Waals surface area contributed by atoms with Crippen molar-refractivity contribution in [1.29, 1.82) is 0 Å². The topological polar surface area (TPSA) is 47.6 Å². The lowest BCUT2D eigenvalue weighted by Crippen LogP contribution is -2.47. The van der Waals surface area contributed by atoms with Crippen molar-refractivity contribution in [3.63, 3.8) is 0 Å². The summed E-state index contributed by atoms with van der Waals surface area (Å²) in [6.45, 7) is 7.78. The van der Waals surface area contributed by atoms with Gasteiger partial charge in [-0.05, 0) is 13.5 Å². The molecule has 0 aromatic carbocycles. The van der Waals surface area contributed by atoms with E-state index in [1.54, 1.807) is 0 Å². The first-order valence-electron chi connectivity index (χ1n) is 6.65. The van der Waals surface area contributed by atoms with Crippen molar-refractivity contribution >= 4 is 5.91 Å². The molecular formula is C12H24N4O. The third kappa shape index (κ3) is 4.26. The lowest BCUT2D eigenvalue weighted by Gasteiger charge is -2.32. The van der Waals surface area contributed by atoms with Gasteiger partial charge in [-0.1, -0.05) is 0 Å². The molecule has 0 spiro atoms. The van der Waals surface area contributed by atoms with Crippen molar-refractivity contribution in [2.45, 2.75) is 18.9 Å². The van der Waals surface area contributed by atoms with Crippen LogP contribution in [0.1, 0.15) is 12.8 Å². The molecule has 5 heteroatoms. The van der Waals surface area contributed by atoms with Crippen LogP contribution in [0, 0.1) is 0 Å².